The topological polar surface area (TPSA) is 113 Å². The lowest BCUT2D eigenvalue weighted by atomic mass is 9.49. The average molecular weight is 673 g/mol. The highest BCUT2D eigenvalue weighted by Gasteiger charge is 2.51. The van der Waals surface area contributed by atoms with Crippen LogP contribution in [0.1, 0.15) is 81.9 Å². The van der Waals surface area contributed by atoms with E-state index in [2.05, 4.69) is 32.9 Å². The molecule has 1 aliphatic heterocycles. The molecule has 0 saturated heterocycles. The van der Waals surface area contributed by atoms with Gasteiger partial charge in [0.1, 0.15) is 5.82 Å². The molecule has 3 aromatic heterocycles. The summed E-state index contributed by atoms with van der Waals surface area (Å²) in [5.74, 6) is 1.92. The molecule has 0 atom stereocenters. The van der Waals surface area contributed by atoms with Crippen molar-refractivity contribution in [2.75, 3.05) is 16.8 Å². The number of aromatic nitrogens is 4. The first-order valence-electron chi connectivity index (χ1n) is 17.5. The number of aromatic carboxylic acids is 1. The van der Waals surface area contributed by atoms with Crippen molar-refractivity contribution in [3.8, 4) is 11.1 Å². The van der Waals surface area contributed by atoms with E-state index in [9.17, 15) is 14.7 Å². The van der Waals surface area contributed by atoms with Gasteiger partial charge >= 0.3 is 5.97 Å². The average Bonchev–Trinajstić information content (AvgIpc) is 3.61. The van der Waals surface area contributed by atoms with Crippen molar-refractivity contribution in [3.63, 3.8) is 0 Å². The van der Waals surface area contributed by atoms with E-state index in [0.717, 1.165) is 69.0 Å². The third-order valence-electron chi connectivity index (χ3n) is 11.7. The number of carbonyl (C=O) groups is 2. The summed E-state index contributed by atoms with van der Waals surface area (Å²) in [6.45, 7) is 6.10. The second-order valence-electron chi connectivity index (χ2n) is 15.0. The first-order valence-corrected chi connectivity index (χ1v) is 18.3. The van der Waals surface area contributed by atoms with Crippen LogP contribution in [0.3, 0.4) is 0 Å². The maximum atomic E-state index is 13.6. The number of benzene rings is 2. The van der Waals surface area contributed by atoms with E-state index < -0.39 is 5.97 Å². The summed E-state index contributed by atoms with van der Waals surface area (Å²) in [7, 11) is 0. The second kappa shape index (κ2) is 11.5. The van der Waals surface area contributed by atoms with E-state index in [1.807, 2.05) is 55.5 Å². The van der Waals surface area contributed by atoms with Gasteiger partial charge in [0.2, 0.25) is 0 Å². The molecule has 4 fully saturated rings. The molecule has 0 spiro atoms. The van der Waals surface area contributed by atoms with Crippen LogP contribution >= 0.6 is 11.3 Å². The van der Waals surface area contributed by atoms with Gasteiger partial charge < -0.3 is 10.0 Å². The normalized spacial score (nSPS) is 24.0. The van der Waals surface area contributed by atoms with Gasteiger partial charge in [0.05, 0.1) is 15.9 Å². The lowest BCUT2D eigenvalue weighted by molar-refractivity contribution is -0.0638. The zero-order valence-corrected chi connectivity index (χ0v) is 28.7. The highest BCUT2D eigenvalue weighted by atomic mass is 32.1. The van der Waals surface area contributed by atoms with Gasteiger partial charge in [-0.3, -0.25) is 14.8 Å². The largest absolute Gasteiger partial charge is 0.476 e. The van der Waals surface area contributed by atoms with Crippen LogP contribution in [0.15, 0.2) is 54.6 Å². The second-order valence-corrected chi connectivity index (χ2v) is 16.1. The number of thiazole rings is 1. The molecule has 250 valence electrons. The Morgan fingerprint density at radius 1 is 0.959 bits per heavy atom. The van der Waals surface area contributed by atoms with Crippen molar-refractivity contribution in [2.24, 2.45) is 23.2 Å². The number of hydrogen-bond acceptors (Lipinski definition) is 7. The molecule has 4 bridgehead atoms. The summed E-state index contributed by atoms with van der Waals surface area (Å²) in [5.41, 5.74) is 7.18. The van der Waals surface area contributed by atoms with Crippen molar-refractivity contribution in [3.05, 3.63) is 88.4 Å². The maximum absolute atomic E-state index is 13.6. The Hall–Kier alpha value is -4.57. The van der Waals surface area contributed by atoms with E-state index in [0.29, 0.717) is 40.6 Å². The van der Waals surface area contributed by atoms with E-state index in [4.69, 9.17) is 10.1 Å². The van der Waals surface area contributed by atoms with Gasteiger partial charge in [-0.15, -0.1) is 0 Å². The fraction of sp³-hybridized carbons (Fsp3) is 0.410. The van der Waals surface area contributed by atoms with Gasteiger partial charge in [0, 0.05) is 42.0 Å². The molecule has 4 aliphatic carbocycles. The molecule has 10 heteroatoms. The van der Waals surface area contributed by atoms with Gasteiger partial charge in [-0.2, -0.15) is 5.10 Å². The molecule has 5 aliphatic rings. The SMILES string of the molecule is Cc1nn(CC23CC4CC(CC(C4)C2)C3)c(C)c1-c1ccc(N2CCc3cccc(C(=O)Nc4nc5ccccc5s4)c3C2)nc1C(=O)O. The van der Waals surface area contributed by atoms with Crippen molar-refractivity contribution in [2.45, 2.75) is 71.9 Å². The summed E-state index contributed by atoms with van der Waals surface area (Å²) in [5, 5.41) is 19.0. The number of rotatable bonds is 7. The Balaban J connectivity index is 0.986. The summed E-state index contributed by atoms with van der Waals surface area (Å²) in [4.78, 5) is 37.7. The Bertz CT molecular complexity index is 2080. The molecule has 4 saturated carbocycles. The molecule has 4 heterocycles. The number of anilines is 2. The number of carboxylic acids is 1. The minimum atomic E-state index is -1.06. The Kier molecular flexibility index (Phi) is 7.16. The van der Waals surface area contributed by atoms with Crippen LogP contribution in [-0.2, 0) is 19.5 Å². The van der Waals surface area contributed by atoms with Crippen LogP contribution in [0.5, 0.6) is 0 Å². The van der Waals surface area contributed by atoms with Crippen LogP contribution in [0.4, 0.5) is 10.9 Å². The fourth-order valence-corrected chi connectivity index (χ4v) is 11.0. The van der Waals surface area contributed by atoms with E-state index in [1.165, 1.54) is 49.9 Å². The first kappa shape index (κ1) is 30.5. The molecule has 2 aromatic carbocycles. The molecule has 49 heavy (non-hydrogen) atoms. The molecule has 1 amide bonds. The van der Waals surface area contributed by atoms with E-state index in [1.54, 1.807) is 0 Å². The molecule has 2 N–H and O–H groups in total. The smallest absolute Gasteiger partial charge is 0.355 e. The number of carbonyl (C=O) groups excluding carboxylic acids is 1. The van der Waals surface area contributed by atoms with Gasteiger partial charge in [0.15, 0.2) is 10.8 Å². The predicted molar refractivity (Wildman–Crippen MR) is 191 cm³/mol. The first-order chi connectivity index (χ1) is 23.7. The number of nitrogens with zero attached hydrogens (tertiary/aromatic N) is 5. The van der Waals surface area contributed by atoms with Crippen molar-refractivity contribution >= 4 is 44.4 Å². The van der Waals surface area contributed by atoms with Crippen LogP contribution < -0.4 is 10.2 Å². The number of amides is 1. The minimum Gasteiger partial charge on any atom is -0.476 e. The number of nitrogens with one attached hydrogen (secondary N) is 1. The third-order valence-corrected chi connectivity index (χ3v) is 12.7. The summed E-state index contributed by atoms with van der Waals surface area (Å²) >= 11 is 1.45. The third kappa shape index (κ3) is 5.31. The zero-order valence-electron chi connectivity index (χ0n) is 27.9. The number of para-hydroxylation sites is 1. The molecular formula is C39H40N6O3S. The number of pyridine rings is 1. The quantitative estimate of drug-likeness (QED) is 0.181. The number of fused-ring (bicyclic) bond motifs is 2. The monoisotopic (exact) mass is 672 g/mol. The lowest BCUT2D eigenvalue weighted by Gasteiger charge is -2.56. The fourth-order valence-electron chi connectivity index (χ4n) is 10.1. The highest BCUT2D eigenvalue weighted by Crippen LogP contribution is 2.60. The van der Waals surface area contributed by atoms with Crippen LogP contribution in [0.25, 0.3) is 21.3 Å². The predicted octanol–water partition coefficient (Wildman–Crippen LogP) is 7.90. The molecule has 5 aromatic rings. The van der Waals surface area contributed by atoms with Crippen LogP contribution in [0.2, 0.25) is 0 Å². The van der Waals surface area contributed by atoms with Gasteiger partial charge in [-0.05, 0) is 123 Å². The number of aryl methyl sites for hydroxylation is 1. The van der Waals surface area contributed by atoms with Gasteiger partial charge in [-0.25, -0.2) is 14.8 Å². The zero-order chi connectivity index (χ0) is 33.4. The Labute approximate surface area is 289 Å². The van der Waals surface area contributed by atoms with Gasteiger partial charge in [-0.1, -0.05) is 35.6 Å². The van der Waals surface area contributed by atoms with Crippen molar-refractivity contribution in [1.82, 2.24) is 19.7 Å². The summed E-state index contributed by atoms with van der Waals surface area (Å²) in [6, 6.07) is 17.5. The maximum Gasteiger partial charge on any atom is 0.355 e. The Morgan fingerprint density at radius 2 is 1.71 bits per heavy atom. The van der Waals surface area contributed by atoms with Crippen molar-refractivity contribution in [1.29, 1.82) is 0 Å². The molecule has 10 rings (SSSR count). The summed E-state index contributed by atoms with van der Waals surface area (Å²) in [6.07, 6.45) is 8.84. The molecule has 9 nitrogen and oxygen atoms in total. The molecule has 0 radical (unpaired) electrons. The van der Waals surface area contributed by atoms with Crippen molar-refractivity contribution < 1.29 is 14.7 Å². The van der Waals surface area contributed by atoms with Crippen LogP contribution in [0, 0.1) is 37.0 Å². The minimum absolute atomic E-state index is 0.0331. The van der Waals surface area contributed by atoms with E-state index in [-0.39, 0.29) is 11.6 Å². The lowest BCUT2D eigenvalue weighted by Crippen LogP contribution is -2.48. The molecular weight excluding hydrogens is 633 g/mol. The summed E-state index contributed by atoms with van der Waals surface area (Å²) < 4.78 is 3.18. The van der Waals surface area contributed by atoms with E-state index >= 15 is 0 Å². The number of carboxylic acid groups (broad SMARTS) is 1. The van der Waals surface area contributed by atoms with Crippen LogP contribution in [-0.4, -0.2) is 43.3 Å². The standard InChI is InChI=1S/C39H40N6O3S/c1-22-34(23(2)45(43-22)21-39-17-24-14-25(18-39)16-26(15-24)19-39)29-10-11-33(41-35(29)37(47)48)44-13-12-27-6-5-7-28(30(27)20-44)36(46)42-38-40-31-8-3-4-9-32(31)49-38/h3-11,24-26H,12-21H2,1-2H3,(H,47,48)(H,40,42,46). The highest BCUT2D eigenvalue weighted by molar-refractivity contribution is 7.22. The van der Waals surface area contributed by atoms with Gasteiger partial charge in [0.25, 0.3) is 5.91 Å². The Morgan fingerprint density at radius 3 is 2.45 bits per heavy atom. The molecule has 0 unspecified atom stereocenters. The number of hydrogen-bond donors (Lipinski definition) is 2.